The highest BCUT2D eigenvalue weighted by atomic mass is 31.2. The maximum atomic E-state index is 10.2. The first kappa shape index (κ1) is 23.1. The van der Waals surface area contributed by atoms with Crippen molar-refractivity contribution in [1.29, 1.82) is 0 Å². The zero-order valence-corrected chi connectivity index (χ0v) is 15.1. The van der Waals surface area contributed by atoms with Crippen molar-refractivity contribution < 1.29 is 28.7 Å². The average Bonchev–Trinajstić information content (AvgIpc) is 2.37. The summed E-state index contributed by atoms with van der Waals surface area (Å²) in [5.41, 5.74) is 11.9. The lowest BCUT2D eigenvalue weighted by molar-refractivity contribution is 0.354. The van der Waals surface area contributed by atoms with Crippen LogP contribution in [-0.2, 0) is 9.13 Å². The molecule has 23 heavy (non-hydrogen) atoms. The van der Waals surface area contributed by atoms with E-state index < -0.39 is 27.5 Å². The van der Waals surface area contributed by atoms with E-state index in [2.05, 4.69) is 21.9 Å². The first-order valence-corrected chi connectivity index (χ1v) is 11.3. The van der Waals surface area contributed by atoms with Crippen molar-refractivity contribution in [2.75, 3.05) is 25.4 Å². The van der Waals surface area contributed by atoms with Gasteiger partial charge in [0.05, 0.1) is 12.3 Å². The Balaban J connectivity index is 0.000000423. The molecule has 1 heterocycles. The fourth-order valence-corrected chi connectivity index (χ4v) is 3.22. The van der Waals surface area contributed by atoms with E-state index in [1.165, 1.54) is 38.5 Å². The zero-order chi connectivity index (χ0) is 17.6. The number of hydrazine groups is 3. The van der Waals surface area contributed by atoms with Crippen molar-refractivity contribution in [3.8, 4) is 0 Å². The predicted octanol–water partition coefficient (Wildman–Crippen LogP) is 0.176. The Morgan fingerprint density at radius 3 is 1.35 bits per heavy atom. The highest BCUT2D eigenvalue weighted by Gasteiger charge is 2.17. The standard InChI is InChI=1S/C8H20N4.C3H10O6P2/c1-2-4-6-8-10-12-11-9-7-5-3-1;4-10(5,6)2-1-3-11(7,8)9/h9-12H,1-8H2;1-3H2,(H2,4,5,6)(H2,7,8,9). The molecule has 140 valence electrons. The van der Waals surface area contributed by atoms with Crippen LogP contribution in [0.2, 0.25) is 0 Å². The summed E-state index contributed by atoms with van der Waals surface area (Å²) in [6.07, 6.45) is 6.88. The molecule has 1 fully saturated rings. The molecule has 12 heteroatoms. The third kappa shape index (κ3) is 22.1. The van der Waals surface area contributed by atoms with E-state index in [9.17, 15) is 9.13 Å². The van der Waals surface area contributed by atoms with Crippen LogP contribution < -0.4 is 21.9 Å². The number of hydrogen-bond acceptors (Lipinski definition) is 6. The smallest absolute Gasteiger partial charge is 0.324 e. The lowest BCUT2D eigenvalue weighted by atomic mass is 10.1. The molecule has 0 aromatic carbocycles. The fraction of sp³-hybridized carbons (Fsp3) is 1.00. The van der Waals surface area contributed by atoms with E-state index in [0.717, 1.165) is 13.1 Å². The third-order valence-corrected chi connectivity index (χ3v) is 4.79. The van der Waals surface area contributed by atoms with Crippen molar-refractivity contribution >= 4 is 15.2 Å². The largest absolute Gasteiger partial charge is 0.325 e. The van der Waals surface area contributed by atoms with Crippen molar-refractivity contribution in [2.24, 2.45) is 0 Å². The molecule has 10 nitrogen and oxygen atoms in total. The average molecular weight is 376 g/mol. The fourth-order valence-electron chi connectivity index (χ4n) is 1.83. The van der Waals surface area contributed by atoms with Crippen molar-refractivity contribution in [3.63, 3.8) is 0 Å². The summed E-state index contributed by atoms with van der Waals surface area (Å²) >= 11 is 0. The van der Waals surface area contributed by atoms with Crippen LogP contribution in [-0.4, -0.2) is 45.0 Å². The molecule has 0 saturated carbocycles. The minimum Gasteiger partial charge on any atom is -0.324 e. The Morgan fingerprint density at radius 2 is 1.00 bits per heavy atom. The van der Waals surface area contributed by atoms with Gasteiger partial charge in [0.1, 0.15) is 0 Å². The molecule has 0 unspecified atom stereocenters. The van der Waals surface area contributed by atoms with Crippen LogP contribution in [0.4, 0.5) is 0 Å². The minimum absolute atomic E-state index is 0.158. The van der Waals surface area contributed by atoms with Crippen LogP contribution in [0.1, 0.15) is 44.9 Å². The van der Waals surface area contributed by atoms with Gasteiger partial charge in [0.2, 0.25) is 0 Å². The first-order valence-electron chi connectivity index (χ1n) is 7.75. The van der Waals surface area contributed by atoms with Crippen LogP contribution in [0.5, 0.6) is 0 Å². The van der Waals surface area contributed by atoms with Crippen molar-refractivity contribution in [3.05, 3.63) is 0 Å². The van der Waals surface area contributed by atoms with Gasteiger partial charge in [-0.2, -0.15) is 11.1 Å². The molecule has 1 rings (SSSR count). The van der Waals surface area contributed by atoms with E-state index in [0.29, 0.717) is 0 Å². The molecule has 0 radical (unpaired) electrons. The summed E-state index contributed by atoms with van der Waals surface area (Å²) in [5, 5.41) is 0. The molecule has 0 aliphatic carbocycles. The Labute approximate surface area is 137 Å². The highest BCUT2D eigenvalue weighted by molar-refractivity contribution is 7.52. The molecule has 1 aliphatic heterocycles. The zero-order valence-electron chi connectivity index (χ0n) is 13.3. The van der Waals surface area contributed by atoms with Gasteiger partial charge >= 0.3 is 15.2 Å². The van der Waals surface area contributed by atoms with E-state index in [1.807, 2.05) is 0 Å². The molecule has 0 atom stereocenters. The summed E-state index contributed by atoms with van der Waals surface area (Å²) < 4.78 is 20.3. The number of nitrogens with one attached hydrogen (secondary N) is 4. The molecular formula is C11H30N4O6P2. The van der Waals surface area contributed by atoms with Crippen LogP contribution in [0.25, 0.3) is 0 Å². The quantitative estimate of drug-likeness (QED) is 0.317. The van der Waals surface area contributed by atoms with Crippen molar-refractivity contribution in [2.45, 2.75) is 44.9 Å². The molecule has 0 aromatic rings. The molecule has 1 aliphatic rings. The van der Waals surface area contributed by atoms with Gasteiger partial charge in [-0.3, -0.25) is 9.13 Å². The van der Waals surface area contributed by atoms with Gasteiger partial charge in [0.15, 0.2) is 0 Å². The lowest BCUT2D eigenvalue weighted by Gasteiger charge is -2.11. The van der Waals surface area contributed by atoms with Crippen molar-refractivity contribution in [1.82, 2.24) is 21.9 Å². The first-order chi connectivity index (χ1) is 10.7. The summed E-state index contributed by atoms with van der Waals surface area (Å²) in [7, 11) is -8.19. The molecule has 1 saturated heterocycles. The summed E-state index contributed by atoms with van der Waals surface area (Å²) in [6.45, 7) is 2.07. The van der Waals surface area contributed by atoms with Gasteiger partial charge < -0.3 is 19.6 Å². The normalized spacial score (nSPS) is 19.0. The summed E-state index contributed by atoms with van der Waals surface area (Å²) in [5.74, 6) is 0. The third-order valence-electron chi connectivity index (χ3n) is 2.99. The predicted molar refractivity (Wildman–Crippen MR) is 88.4 cm³/mol. The second kappa shape index (κ2) is 13.4. The molecule has 0 amide bonds. The second-order valence-corrected chi connectivity index (χ2v) is 8.91. The van der Waals surface area contributed by atoms with Crippen LogP contribution in [0.3, 0.4) is 0 Å². The van der Waals surface area contributed by atoms with Gasteiger partial charge in [-0.1, -0.05) is 25.7 Å². The van der Waals surface area contributed by atoms with E-state index in [1.54, 1.807) is 0 Å². The second-order valence-electron chi connectivity index (χ2n) is 5.36. The SMILES string of the molecule is C1CCCCNNNNCCC1.O=P(O)(O)CCCP(=O)(O)O. The minimum atomic E-state index is -4.10. The van der Waals surface area contributed by atoms with Gasteiger partial charge in [-0.05, 0) is 19.3 Å². The van der Waals surface area contributed by atoms with E-state index in [-0.39, 0.29) is 6.42 Å². The number of rotatable bonds is 4. The summed E-state index contributed by atoms with van der Waals surface area (Å²) in [6, 6.07) is 0. The maximum Gasteiger partial charge on any atom is 0.325 e. The Kier molecular flexibility index (Phi) is 13.5. The van der Waals surface area contributed by atoms with Crippen LogP contribution in [0, 0.1) is 0 Å². The Morgan fingerprint density at radius 1 is 0.652 bits per heavy atom. The molecule has 8 N–H and O–H groups in total. The van der Waals surface area contributed by atoms with Crippen LogP contribution >= 0.6 is 15.2 Å². The number of hydrogen-bond donors (Lipinski definition) is 8. The van der Waals surface area contributed by atoms with Gasteiger partial charge in [-0.25, -0.2) is 10.9 Å². The lowest BCUT2D eigenvalue weighted by Crippen LogP contribution is -2.51. The van der Waals surface area contributed by atoms with E-state index >= 15 is 0 Å². The Hall–Kier alpha value is 0.140. The molecule has 0 bridgehead atoms. The van der Waals surface area contributed by atoms with E-state index in [4.69, 9.17) is 19.6 Å². The van der Waals surface area contributed by atoms with Gasteiger partial charge in [-0.15, -0.1) is 0 Å². The van der Waals surface area contributed by atoms with Gasteiger partial charge in [0, 0.05) is 13.1 Å². The highest BCUT2D eigenvalue weighted by Crippen LogP contribution is 2.40. The topological polar surface area (TPSA) is 163 Å². The molecule has 0 spiro atoms. The maximum absolute atomic E-state index is 10.2. The van der Waals surface area contributed by atoms with Crippen LogP contribution in [0.15, 0.2) is 0 Å². The molecule has 0 aromatic heterocycles. The monoisotopic (exact) mass is 376 g/mol. The summed E-state index contributed by atoms with van der Waals surface area (Å²) in [4.78, 5) is 33.1. The Bertz CT molecular complexity index is 311. The van der Waals surface area contributed by atoms with Gasteiger partial charge in [0.25, 0.3) is 0 Å². The molecular weight excluding hydrogens is 346 g/mol.